The van der Waals surface area contributed by atoms with Gasteiger partial charge in [-0.2, -0.15) is 0 Å². The maximum absolute atomic E-state index is 12.3. The highest BCUT2D eigenvalue weighted by Crippen LogP contribution is 2.49. The molecule has 0 atom stereocenters. The van der Waals surface area contributed by atoms with Gasteiger partial charge >= 0.3 is 0 Å². The topological polar surface area (TPSA) is 55.4 Å². The van der Waals surface area contributed by atoms with Gasteiger partial charge in [0, 0.05) is 23.2 Å². The van der Waals surface area contributed by atoms with Gasteiger partial charge in [-0.05, 0) is 31.0 Å². The van der Waals surface area contributed by atoms with Gasteiger partial charge < -0.3 is 4.74 Å². The average molecular weight is 318 g/mol. The maximum atomic E-state index is 12.3. The second-order valence-electron chi connectivity index (χ2n) is 4.40. The van der Waals surface area contributed by atoms with Crippen molar-refractivity contribution in [3.63, 3.8) is 0 Å². The predicted octanol–water partition coefficient (Wildman–Crippen LogP) is 2.21. The molecule has 0 aromatic heterocycles. The van der Waals surface area contributed by atoms with E-state index in [0.717, 1.165) is 10.0 Å². The summed E-state index contributed by atoms with van der Waals surface area (Å²) in [5, 5.41) is 0. The highest BCUT2D eigenvalue weighted by atomic mass is 79.9. The van der Waals surface area contributed by atoms with E-state index in [-0.39, 0.29) is 0 Å². The molecule has 1 fully saturated rings. The van der Waals surface area contributed by atoms with E-state index in [1.165, 1.54) is 0 Å². The number of benzene rings is 1. The normalized spacial score (nSPS) is 24.3. The Morgan fingerprint density at radius 2 is 2.00 bits per heavy atom. The summed E-state index contributed by atoms with van der Waals surface area (Å²) < 4.78 is 32.7. The summed E-state index contributed by atoms with van der Waals surface area (Å²) >= 11 is 3.40. The molecule has 1 spiro atoms. The molecule has 1 saturated heterocycles. The molecule has 0 aliphatic carbocycles. The Bertz CT molecular complexity index is 564. The number of hydrogen-bond donors (Lipinski definition) is 1. The van der Waals surface area contributed by atoms with Crippen LogP contribution < -0.4 is 4.72 Å². The predicted molar refractivity (Wildman–Crippen MR) is 68.4 cm³/mol. The van der Waals surface area contributed by atoms with E-state index in [9.17, 15) is 8.42 Å². The molecule has 2 aliphatic heterocycles. The van der Waals surface area contributed by atoms with Gasteiger partial charge in [0.25, 0.3) is 0 Å². The van der Waals surface area contributed by atoms with Crippen molar-refractivity contribution in [2.45, 2.75) is 17.6 Å². The first-order valence-electron chi connectivity index (χ1n) is 5.45. The van der Waals surface area contributed by atoms with Crippen molar-refractivity contribution in [3.05, 3.63) is 28.2 Å². The van der Waals surface area contributed by atoms with Gasteiger partial charge in [0.1, 0.15) is 4.75 Å². The minimum Gasteiger partial charge on any atom is -0.381 e. The second kappa shape index (κ2) is 3.70. The molecule has 1 aromatic carbocycles. The van der Waals surface area contributed by atoms with Gasteiger partial charge in [0.2, 0.25) is 10.0 Å². The van der Waals surface area contributed by atoms with Crippen LogP contribution in [0.3, 0.4) is 0 Å². The van der Waals surface area contributed by atoms with Crippen LogP contribution in [0, 0.1) is 0 Å². The first-order chi connectivity index (χ1) is 8.05. The van der Waals surface area contributed by atoms with Crippen LogP contribution in [0.1, 0.15) is 18.4 Å². The maximum Gasteiger partial charge on any atom is 0.242 e. The highest BCUT2D eigenvalue weighted by molar-refractivity contribution is 9.10. The summed E-state index contributed by atoms with van der Waals surface area (Å²) in [7, 11) is -3.34. The molecule has 17 heavy (non-hydrogen) atoms. The molecule has 0 amide bonds. The van der Waals surface area contributed by atoms with Crippen LogP contribution >= 0.6 is 15.9 Å². The number of ether oxygens (including phenoxy) is 1. The molecular formula is C11H12BrNO3S. The standard InChI is InChI=1S/C11H12BrNO3S/c12-8-1-2-10-9(7-8)11(17(14,15)13-10)3-5-16-6-4-11/h1-2,7,13H,3-6H2. The zero-order valence-electron chi connectivity index (χ0n) is 9.07. The Hall–Kier alpha value is -0.590. The zero-order valence-corrected chi connectivity index (χ0v) is 11.5. The van der Waals surface area contributed by atoms with E-state index in [0.29, 0.717) is 31.7 Å². The van der Waals surface area contributed by atoms with Crippen molar-refractivity contribution < 1.29 is 13.2 Å². The van der Waals surface area contributed by atoms with E-state index in [4.69, 9.17) is 4.74 Å². The van der Waals surface area contributed by atoms with E-state index >= 15 is 0 Å². The van der Waals surface area contributed by atoms with Crippen LogP contribution in [0.4, 0.5) is 5.69 Å². The monoisotopic (exact) mass is 317 g/mol. The number of halogens is 1. The third-order valence-electron chi connectivity index (χ3n) is 3.53. The molecule has 3 rings (SSSR count). The minimum absolute atomic E-state index is 0.493. The van der Waals surface area contributed by atoms with Gasteiger partial charge in [0.15, 0.2) is 0 Å². The smallest absolute Gasteiger partial charge is 0.242 e. The fraction of sp³-hybridized carbons (Fsp3) is 0.455. The number of rotatable bonds is 0. The Labute approximate surface area is 109 Å². The van der Waals surface area contributed by atoms with Gasteiger partial charge in [-0.25, -0.2) is 8.42 Å². The molecule has 1 aromatic rings. The van der Waals surface area contributed by atoms with Crippen LogP contribution in [0.25, 0.3) is 0 Å². The van der Waals surface area contributed by atoms with Crippen LogP contribution in [0.2, 0.25) is 0 Å². The molecule has 0 bridgehead atoms. The second-order valence-corrected chi connectivity index (χ2v) is 7.31. The molecule has 2 heterocycles. The molecule has 4 nitrogen and oxygen atoms in total. The lowest BCUT2D eigenvalue weighted by molar-refractivity contribution is 0.0750. The first kappa shape index (κ1) is 11.5. The van der Waals surface area contributed by atoms with Crippen LogP contribution in [-0.2, 0) is 19.5 Å². The third kappa shape index (κ3) is 1.54. The number of nitrogens with one attached hydrogen (secondary N) is 1. The molecule has 6 heteroatoms. The van der Waals surface area contributed by atoms with E-state index in [1.54, 1.807) is 6.07 Å². The molecule has 1 N–H and O–H groups in total. The summed E-state index contributed by atoms with van der Waals surface area (Å²) in [6.07, 6.45) is 1.04. The molecule has 0 radical (unpaired) electrons. The number of fused-ring (bicyclic) bond motifs is 2. The van der Waals surface area contributed by atoms with E-state index in [1.807, 2.05) is 12.1 Å². The lowest BCUT2D eigenvalue weighted by Gasteiger charge is -2.31. The Balaban J connectivity index is 2.23. The fourth-order valence-electron chi connectivity index (χ4n) is 2.61. The summed E-state index contributed by atoms with van der Waals surface area (Å²) in [6, 6.07) is 5.55. The molecular weight excluding hydrogens is 306 g/mol. The van der Waals surface area contributed by atoms with Gasteiger partial charge in [-0.15, -0.1) is 0 Å². The number of sulfonamides is 1. The van der Waals surface area contributed by atoms with Crippen molar-refractivity contribution in [1.29, 1.82) is 0 Å². The van der Waals surface area contributed by atoms with Crippen LogP contribution in [0.15, 0.2) is 22.7 Å². The summed E-state index contributed by atoms with van der Waals surface area (Å²) in [5.74, 6) is 0. The van der Waals surface area contributed by atoms with Crippen LogP contribution in [-0.4, -0.2) is 21.6 Å². The molecule has 0 unspecified atom stereocenters. The Morgan fingerprint density at radius 1 is 1.29 bits per heavy atom. The average Bonchev–Trinajstić information content (AvgIpc) is 2.50. The van der Waals surface area contributed by atoms with Crippen molar-refractivity contribution in [3.8, 4) is 0 Å². The van der Waals surface area contributed by atoms with Gasteiger partial charge in [-0.1, -0.05) is 15.9 Å². The number of hydrogen-bond acceptors (Lipinski definition) is 3. The minimum atomic E-state index is -3.34. The first-order valence-corrected chi connectivity index (χ1v) is 7.73. The fourth-order valence-corrected chi connectivity index (χ4v) is 4.80. The number of anilines is 1. The lowest BCUT2D eigenvalue weighted by atomic mass is 9.89. The van der Waals surface area contributed by atoms with Gasteiger partial charge in [-0.3, -0.25) is 4.72 Å². The quantitative estimate of drug-likeness (QED) is 0.798. The molecule has 0 saturated carbocycles. The zero-order chi connectivity index (χ0) is 12.1. The molecule has 2 aliphatic rings. The van der Waals surface area contributed by atoms with E-state index < -0.39 is 14.8 Å². The van der Waals surface area contributed by atoms with Crippen LogP contribution in [0.5, 0.6) is 0 Å². The highest BCUT2D eigenvalue weighted by Gasteiger charge is 2.52. The SMILES string of the molecule is O=S1(=O)Nc2ccc(Br)cc2C12CCOCC2. The molecule has 92 valence electrons. The van der Waals surface area contributed by atoms with Crippen molar-refractivity contribution in [2.75, 3.05) is 17.9 Å². The summed E-state index contributed by atoms with van der Waals surface area (Å²) in [6.45, 7) is 0.986. The van der Waals surface area contributed by atoms with Gasteiger partial charge in [0.05, 0.1) is 5.69 Å². The third-order valence-corrected chi connectivity index (χ3v) is 6.17. The summed E-state index contributed by atoms with van der Waals surface area (Å²) in [4.78, 5) is 0. The van der Waals surface area contributed by atoms with Crippen molar-refractivity contribution in [2.24, 2.45) is 0 Å². The van der Waals surface area contributed by atoms with Crippen molar-refractivity contribution in [1.82, 2.24) is 0 Å². The Kier molecular flexibility index (Phi) is 2.50. The lowest BCUT2D eigenvalue weighted by Crippen LogP contribution is -2.39. The van der Waals surface area contributed by atoms with E-state index in [2.05, 4.69) is 20.7 Å². The van der Waals surface area contributed by atoms with Crippen molar-refractivity contribution >= 4 is 31.6 Å². The Morgan fingerprint density at radius 3 is 2.71 bits per heavy atom. The summed E-state index contributed by atoms with van der Waals surface area (Å²) in [5.41, 5.74) is 1.57. The largest absolute Gasteiger partial charge is 0.381 e.